The maximum absolute atomic E-state index is 13.1. The molecule has 1 unspecified atom stereocenters. The highest BCUT2D eigenvalue weighted by Crippen LogP contribution is 2.30. The van der Waals surface area contributed by atoms with Crippen molar-refractivity contribution in [2.24, 2.45) is 5.92 Å². The Morgan fingerprint density at radius 3 is 2.43 bits per heavy atom. The molecule has 7 heteroatoms. The van der Waals surface area contributed by atoms with Gasteiger partial charge in [0.25, 0.3) is 5.91 Å². The average molecular weight is 495 g/mol. The van der Waals surface area contributed by atoms with E-state index in [1.54, 1.807) is 12.1 Å². The lowest BCUT2D eigenvalue weighted by Crippen LogP contribution is -2.47. The number of ether oxygens (including phenoxy) is 1. The van der Waals surface area contributed by atoms with Crippen molar-refractivity contribution in [1.29, 1.82) is 0 Å². The molecular weight excluding hydrogens is 464 g/mol. The largest absolute Gasteiger partial charge is 0.465 e. The summed E-state index contributed by atoms with van der Waals surface area (Å²) in [7, 11) is 3.25. The highest BCUT2D eigenvalue weighted by atomic mass is 35.5. The van der Waals surface area contributed by atoms with Crippen LogP contribution in [0.25, 0.3) is 0 Å². The Kier molecular flexibility index (Phi) is 8.26. The molecule has 1 aromatic heterocycles. The van der Waals surface area contributed by atoms with E-state index in [4.69, 9.17) is 20.8 Å². The van der Waals surface area contributed by atoms with Gasteiger partial charge in [-0.2, -0.15) is 0 Å². The van der Waals surface area contributed by atoms with Crippen molar-refractivity contribution in [2.45, 2.75) is 31.8 Å². The van der Waals surface area contributed by atoms with Crippen molar-refractivity contribution < 1.29 is 18.7 Å². The van der Waals surface area contributed by atoms with Gasteiger partial charge in [-0.1, -0.05) is 41.9 Å². The van der Waals surface area contributed by atoms with Gasteiger partial charge in [0.2, 0.25) is 0 Å². The maximum Gasteiger partial charge on any atom is 0.337 e. The van der Waals surface area contributed by atoms with Gasteiger partial charge in [0.05, 0.1) is 18.9 Å². The molecule has 0 aliphatic carbocycles. The molecule has 0 radical (unpaired) electrons. The minimum atomic E-state index is -0.324. The number of carbonyl (C=O) groups excluding carboxylic acids is 2. The number of benzene rings is 2. The van der Waals surface area contributed by atoms with Gasteiger partial charge < -0.3 is 14.1 Å². The van der Waals surface area contributed by atoms with Crippen LogP contribution in [0.4, 0.5) is 0 Å². The number of hydrogen-bond acceptors (Lipinski definition) is 5. The lowest BCUT2D eigenvalue weighted by molar-refractivity contribution is 0.0555. The average Bonchev–Trinajstić information content (AvgIpc) is 3.43. The zero-order valence-corrected chi connectivity index (χ0v) is 20.9. The van der Waals surface area contributed by atoms with E-state index >= 15 is 0 Å². The number of methoxy groups -OCH3 is 1. The highest BCUT2D eigenvalue weighted by Gasteiger charge is 2.33. The summed E-state index contributed by atoms with van der Waals surface area (Å²) in [6, 6.07) is 18.9. The molecule has 1 aliphatic heterocycles. The van der Waals surface area contributed by atoms with Crippen molar-refractivity contribution >= 4 is 23.5 Å². The quantitative estimate of drug-likeness (QED) is 0.397. The van der Waals surface area contributed by atoms with Gasteiger partial charge in [0.1, 0.15) is 0 Å². The number of hydrogen-bond donors (Lipinski definition) is 0. The predicted molar refractivity (Wildman–Crippen MR) is 136 cm³/mol. The molecule has 0 spiro atoms. The van der Waals surface area contributed by atoms with Crippen LogP contribution in [0.15, 0.2) is 71.3 Å². The number of likely N-dealkylation sites (N-methyl/N-ethyl adjacent to an activating group) is 1. The summed E-state index contributed by atoms with van der Waals surface area (Å²) in [6.07, 6.45) is 4.18. The SMILES string of the molecule is COC(=O)c1ccc(CN2CCC(C(Cc3ccccc3Cl)N(C)C(=O)c3ccco3)CC2)cc1. The summed E-state index contributed by atoms with van der Waals surface area (Å²) in [5.41, 5.74) is 2.77. The van der Waals surface area contributed by atoms with E-state index in [2.05, 4.69) is 4.90 Å². The second-order valence-corrected chi connectivity index (χ2v) is 9.47. The van der Waals surface area contributed by atoms with Crippen molar-refractivity contribution in [3.05, 3.63) is 94.4 Å². The minimum absolute atomic E-state index is 0.00832. The lowest BCUT2D eigenvalue weighted by Gasteiger charge is -2.40. The van der Waals surface area contributed by atoms with E-state index in [-0.39, 0.29) is 17.9 Å². The first-order valence-electron chi connectivity index (χ1n) is 11.9. The Morgan fingerprint density at radius 1 is 1.09 bits per heavy atom. The van der Waals surface area contributed by atoms with E-state index in [0.717, 1.165) is 48.6 Å². The summed E-state index contributed by atoms with van der Waals surface area (Å²) in [6.45, 7) is 2.70. The van der Waals surface area contributed by atoms with Crippen LogP contribution in [-0.4, -0.2) is 55.0 Å². The molecule has 2 aromatic carbocycles. The first kappa shape index (κ1) is 25.0. The zero-order valence-electron chi connectivity index (χ0n) is 20.2. The third-order valence-corrected chi connectivity index (χ3v) is 7.26. The van der Waals surface area contributed by atoms with Gasteiger partial charge in [-0.05, 0) is 79.7 Å². The van der Waals surface area contributed by atoms with Gasteiger partial charge in [0.15, 0.2) is 5.76 Å². The normalized spacial score (nSPS) is 15.5. The molecule has 1 fully saturated rings. The number of nitrogens with zero attached hydrogens (tertiary/aromatic N) is 2. The van der Waals surface area contributed by atoms with Crippen LogP contribution in [0.5, 0.6) is 0 Å². The van der Waals surface area contributed by atoms with Gasteiger partial charge in [0, 0.05) is 24.7 Å². The predicted octanol–water partition coefficient (Wildman–Crippen LogP) is 5.32. The number of rotatable bonds is 8. The number of halogens is 1. The molecule has 1 atom stereocenters. The third-order valence-electron chi connectivity index (χ3n) is 6.89. The summed E-state index contributed by atoms with van der Waals surface area (Å²) in [5.74, 6) is 0.257. The van der Waals surface area contributed by atoms with Crippen LogP contribution in [0.3, 0.4) is 0 Å². The van der Waals surface area contributed by atoms with Crippen LogP contribution < -0.4 is 0 Å². The molecule has 1 amide bonds. The second-order valence-electron chi connectivity index (χ2n) is 9.06. The number of amides is 1. The third kappa shape index (κ3) is 6.13. The van der Waals surface area contributed by atoms with Crippen LogP contribution in [0, 0.1) is 5.92 Å². The molecule has 1 aliphatic rings. The van der Waals surface area contributed by atoms with Gasteiger partial charge >= 0.3 is 5.97 Å². The van der Waals surface area contributed by atoms with Crippen LogP contribution >= 0.6 is 11.6 Å². The van der Waals surface area contributed by atoms with Crippen LogP contribution in [-0.2, 0) is 17.7 Å². The first-order valence-corrected chi connectivity index (χ1v) is 12.3. The molecular formula is C28H31ClN2O4. The number of likely N-dealkylation sites (tertiary alicyclic amines) is 1. The standard InChI is InChI=1S/C28H31ClN2O4/c1-30(27(32)26-8-5-17-35-26)25(18-23-6-3-4-7-24(23)29)21-13-15-31(16-14-21)19-20-9-11-22(12-10-20)28(33)34-2/h3-12,17,21,25H,13-16,18-19H2,1-2H3. The molecule has 0 saturated carbocycles. The Bertz CT molecular complexity index is 1120. The van der Waals surface area contributed by atoms with Crippen molar-refractivity contribution in [1.82, 2.24) is 9.80 Å². The fourth-order valence-electron chi connectivity index (χ4n) is 4.85. The minimum Gasteiger partial charge on any atom is -0.465 e. The Labute approximate surface area is 211 Å². The van der Waals surface area contributed by atoms with E-state index in [1.165, 1.54) is 13.4 Å². The highest BCUT2D eigenvalue weighted by molar-refractivity contribution is 6.31. The monoisotopic (exact) mass is 494 g/mol. The van der Waals surface area contributed by atoms with Gasteiger partial charge in [-0.3, -0.25) is 9.69 Å². The van der Waals surface area contributed by atoms with E-state index in [0.29, 0.717) is 23.7 Å². The fraction of sp³-hybridized carbons (Fsp3) is 0.357. The zero-order chi connectivity index (χ0) is 24.8. The summed E-state index contributed by atoms with van der Waals surface area (Å²) in [4.78, 5) is 29.0. The molecule has 35 heavy (non-hydrogen) atoms. The molecule has 184 valence electrons. The van der Waals surface area contributed by atoms with Crippen LogP contribution in [0.2, 0.25) is 5.02 Å². The number of carbonyl (C=O) groups is 2. The van der Waals surface area contributed by atoms with Crippen molar-refractivity contribution in [3.63, 3.8) is 0 Å². The number of furan rings is 1. The summed E-state index contributed by atoms with van der Waals surface area (Å²) >= 11 is 6.49. The molecule has 0 bridgehead atoms. The first-order chi connectivity index (χ1) is 17.0. The molecule has 4 rings (SSSR count). The lowest BCUT2D eigenvalue weighted by atomic mass is 9.84. The van der Waals surface area contributed by atoms with E-state index in [1.807, 2.05) is 60.5 Å². The van der Waals surface area contributed by atoms with Crippen LogP contribution in [0.1, 0.15) is 44.9 Å². The van der Waals surface area contributed by atoms with E-state index in [9.17, 15) is 9.59 Å². The number of esters is 1. The van der Waals surface area contributed by atoms with Gasteiger partial charge in [-0.15, -0.1) is 0 Å². The smallest absolute Gasteiger partial charge is 0.337 e. The number of piperidine rings is 1. The van der Waals surface area contributed by atoms with Gasteiger partial charge in [-0.25, -0.2) is 4.79 Å². The summed E-state index contributed by atoms with van der Waals surface area (Å²) in [5, 5.41) is 0.726. The molecule has 6 nitrogen and oxygen atoms in total. The molecule has 1 saturated heterocycles. The molecule has 3 aromatic rings. The Morgan fingerprint density at radius 2 is 1.80 bits per heavy atom. The summed E-state index contributed by atoms with van der Waals surface area (Å²) < 4.78 is 10.2. The fourth-order valence-corrected chi connectivity index (χ4v) is 5.06. The Balaban J connectivity index is 1.43. The maximum atomic E-state index is 13.1. The van der Waals surface area contributed by atoms with Crippen molar-refractivity contribution in [2.75, 3.05) is 27.2 Å². The van der Waals surface area contributed by atoms with Crippen molar-refractivity contribution in [3.8, 4) is 0 Å². The second kappa shape index (κ2) is 11.6. The topological polar surface area (TPSA) is 63.0 Å². The van der Waals surface area contributed by atoms with E-state index < -0.39 is 0 Å². The Hall–Kier alpha value is -3.09. The molecule has 2 heterocycles. The molecule has 0 N–H and O–H groups in total.